The van der Waals surface area contributed by atoms with Gasteiger partial charge in [0, 0.05) is 40.7 Å². The van der Waals surface area contributed by atoms with E-state index in [4.69, 9.17) is 0 Å². The Labute approximate surface area is 128 Å². The van der Waals surface area contributed by atoms with Crippen LogP contribution >= 0.6 is 11.8 Å². The first-order chi connectivity index (χ1) is 10.4. The largest absolute Gasteiger partial charge is 0.380 e. The van der Waals surface area contributed by atoms with Gasteiger partial charge in [-0.2, -0.15) is 0 Å². The fourth-order valence-electron chi connectivity index (χ4n) is 2.24. The van der Waals surface area contributed by atoms with Crippen LogP contribution in [0.3, 0.4) is 0 Å². The molecular formula is C17H17N3S. The molecule has 3 nitrogen and oxygen atoms in total. The van der Waals surface area contributed by atoms with Gasteiger partial charge >= 0.3 is 0 Å². The lowest BCUT2D eigenvalue weighted by atomic mass is 10.2. The van der Waals surface area contributed by atoms with Crippen molar-refractivity contribution in [3.8, 4) is 0 Å². The maximum Gasteiger partial charge on any atom is 0.137 e. The van der Waals surface area contributed by atoms with E-state index >= 15 is 0 Å². The average Bonchev–Trinajstić information content (AvgIpc) is 2.95. The van der Waals surface area contributed by atoms with Crippen LogP contribution in [0.4, 0.5) is 5.69 Å². The summed E-state index contributed by atoms with van der Waals surface area (Å²) >= 11 is 1.79. The maximum absolute atomic E-state index is 4.32. The van der Waals surface area contributed by atoms with E-state index in [1.165, 1.54) is 15.8 Å². The number of thioether (sulfide) groups is 1. The number of hydrogen-bond acceptors (Lipinski definition) is 3. The van der Waals surface area contributed by atoms with Crippen molar-refractivity contribution < 1.29 is 0 Å². The molecule has 0 spiro atoms. The molecule has 3 aromatic rings. The van der Waals surface area contributed by atoms with Crippen LogP contribution in [0.2, 0.25) is 0 Å². The summed E-state index contributed by atoms with van der Waals surface area (Å²) in [5, 5.41) is 4.68. The number of aromatic amines is 1. The summed E-state index contributed by atoms with van der Waals surface area (Å²) in [6.45, 7) is 4.55. The Hall–Kier alpha value is -2.20. The van der Waals surface area contributed by atoms with Crippen molar-refractivity contribution in [1.29, 1.82) is 0 Å². The summed E-state index contributed by atoms with van der Waals surface area (Å²) in [6, 6.07) is 12.4. The van der Waals surface area contributed by atoms with Crippen molar-refractivity contribution in [2.75, 3.05) is 11.1 Å². The van der Waals surface area contributed by atoms with Crippen LogP contribution in [0, 0.1) is 0 Å². The van der Waals surface area contributed by atoms with Gasteiger partial charge in [0.25, 0.3) is 0 Å². The predicted octanol–water partition coefficient (Wildman–Crippen LogP) is 4.45. The van der Waals surface area contributed by atoms with Crippen molar-refractivity contribution in [2.24, 2.45) is 0 Å². The molecule has 0 aliphatic carbocycles. The molecule has 4 heteroatoms. The van der Waals surface area contributed by atoms with Crippen molar-refractivity contribution >= 4 is 28.5 Å². The van der Waals surface area contributed by atoms with Gasteiger partial charge in [-0.15, -0.1) is 18.3 Å². The van der Waals surface area contributed by atoms with Gasteiger partial charge in [0.1, 0.15) is 5.65 Å². The molecule has 0 saturated carbocycles. The monoisotopic (exact) mass is 295 g/mol. The summed E-state index contributed by atoms with van der Waals surface area (Å²) in [7, 11) is 0. The molecule has 0 radical (unpaired) electrons. The fraction of sp³-hybridized carbons (Fsp3) is 0.118. The Kier molecular flexibility index (Phi) is 4.26. The smallest absolute Gasteiger partial charge is 0.137 e. The summed E-state index contributed by atoms with van der Waals surface area (Å²) < 4.78 is 0. The van der Waals surface area contributed by atoms with E-state index in [1.807, 2.05) is 18.3 Å². The van der Waals surface area contributed by atoms with E-state index in [-0.39, 0.29) is 0 Å². The van der Waals surface area contributed by atoms with E-state index in [0.29, 0.717) is 0 Å². The van der Waals surface area contributed by atoms with Crippen LogP contribution < -0.4 is 5.32 Å². The Morgan fingerprint density at radius 2 is 2.14 bits per heavy atom. The second-order valence-electron chi connectivity index (χ2n) is 4.66. The molecule has 1 aromatic carbocycles. The molecule has 2 heterocycles. The lowest BCUT2D eigenvalue weighted by Gasteiger charge is -2.10. The summed E-state index contributed by atoms with van der Waals surface area (Å²) in [5.74, 6) is 0.912. The number of nitrogens with one attached hydrogen (secondary N) is 2. The van der Waals surface area contributed by atoms with Gasteiger partial charge in [0.05, 0.1) is 0 Å². The van der Waals surface area contributed by atoms with Crippen LogP contribution in [0.5, 0.6) is 0 Å². The Morgan fingerprint density at radius 1 is 1.24 bits per heavy atom. The lowest BCUT2D eigenvalue weighted by Crippen LogP contribution is -2.00. The van der Waals surface area contributed by atoms with Crippen LogP contribution in [0.1, 0.15) is 5.56 Å². The summed E-state index contributed by atoms with van der Waals surface area (Å²) in [5.41, 5.74) is 3.31. The number of anilines is 1. The highest BCUT2D eigenvalue weighted by molar-refractivity contribution is 7.99. The fourth-order valence-corrected chi connectivity index (χ4v) is 3.00. The third-order valence-corrected chi connectivity index (χ3v) is 4.32. The number of benzene rings is 1. The number of H-pyrrole nitrogens is 1. The number of rotatable bonds is 6. The van der Waals surface area contributed by atoms with Crippen LogP contribution in [0.25, 0.3) is 11.0 Å². The van der Waals surface area contributed by atoms with Crippen molar-refractivity contribution in [3.05, 3.63) is 67.0 Å². The molecule has 2 aromatic heterocycles. The van der Waals surface area contributed by atoms with Gasteiger partial charge < -0.3 is 10.3 Å². The zero-order chi connectivity index (χ0) is 14.5. The molecule has 0 aliphatic rings. The Morgan fingerprint density at radius 3 is 3.05 bits per heavy atom. The van der Waals surface area contributed by atoms with Gasteiger partial charge in [-0.05, 0) is 29.8 Å². The molecule has 0 unspecified atom stereocenters. The minimum atomic E-state index is 0.775. The van der Waals surface area contributed by atoms with E-state index in [1.54, 1.807) is 18.0 Å². The number of para-hydroxylation sites is 1. The highest BCUT2D eigenvalue weighted by Gasteiger charge is 2.05. The van der Waals surface area contributed by atoms with E-state index < -0.39 is 0 Å². The number of aromatic nitrogens is 2. The minimum absolute atomic E-state index is 0.775. The number of nitrogens with zero attached hydrogens (tertiary/aromatic N) is 1. The molecule has 21 heavy (non-hydrogen) atoms. The summed E-state index contributed by atoms with van der Waals surface area (Å²) in [6.07, 6.45) is 5.74. The average molecular weight is 295 g/mol. The quantitative estimate of drug-likeness (QED) is 0.521. The molecule has 0 atom stereocenters. The SMILES string of the molecule is C=CCSc1ccccc1NCc1c[nH]c2ncccc12. The van der Waals surface area contributed by atoms with Crippen LogP contribution in [-0.4, -0.2) is 15.7 Å². The predicted molar refractivity (Wildman–Crippen MR) is 90.8 cm³/mol. The van der Waals surface area contributed by atoms with E-state index in [0.717, 1.165) is 23.6 Å². The van der Waals surface area contributed by atoms with Gasteiger partial charge in [-0.3, -0.25) is 0 Å². The van der Waals surface area contributed by atoms with Gasteiger partial charge in [0.2, 0.25) is 0 Å². The highest BCUT2D eigenvalue weighted by atomic mass is 32.2. The molecule has 0 bridgehead atoms. The molecule has 0 fully saturated rings. The van der Waals surface area contributed by atoms with Gasteiger partial charge in [0.15, 0.2) is 0 Å². The lowest BCUT2D eigenvalue weighted by molar-refractivity contribution is 1.14. The second-order valence-corrected chi connectivity index (χ2v) is 5.72. The molecule has 106 valence electrons. The number of pyridine rings is 1. The second kappa shape index (κ2) is 6.50. The topological polar surface area (TPSA) is 40.7 Å². The minimum Gasteiger partial charge on any atom is -0.380 e. The Bertz CT molecular complexity index is 748. The first-order valence-corrected chi connectivity index (χ1v) is 7.84. The Balaban J connectivity index is 1.77. The maximum atomic E-state index is 4.32. The van der Waals surface area contributed by atoms with Crippen LogP contribution in [-0.2, 0) is 6.54 Å². The van der Waals surface area contributed by atoms with Gasteiger partial charge in [-0.1, -0.05) is 18.2 Å². The highest BCUT2D eigenvalue weighted by Crippen LogP contribution is 2.28. The molecule has 0 saturated heterocycles. The molecule has 2 N–H and O–H groups in total. The normalized spacial score (nSPS) is 10.7. The first kappa shape index (κ1) is 13.8. The molecular weight excluding hydrogens is 278 g/mol. The zero-order valence-corrected chi connectivity index (χ0v) is 12.5. The third kappa shape index (κ3) is 3.11. The van der Waals surface area contributed by atoms with E-state index in [9.17, 15) is 0 Å². The van der Waals surface area contributed by atoms with E-state index in [2.05, 4.69) is 52.2 Å². The molecule has 0 aliphatic heterocycles. The molecule has 3 rings (SSSR count). The standard InChI is InChI=1S/C17H17N3S/c1-2-10-21-16-8-4-3-7-15(16)19-11-13-12-20-17-14(13)6-5-9-18-17/h2-9,12,19H,1,10-11H2,(H,18,20). The zero-order valence-electron chi connectivity index (χ0n) is 11.7. The summed E-state index contributed by atoms with van der Waals surface area (Å²) in [4.78, 5) is 8.77. The number of fused-ring (bicyclic) bond motifs is 1. The van der Waals surface area contributed by atoms with Crippen molar-refractivity contribution in [3.63, 3.8) is 0 Å². The molecule has 0 amide bonds. The van der Waals surface area contributed by atoms with Crippen molar-refractivity contribution in [2.45, 2.75) is 11.4 Å². The first-order valence-electron chi connectivity index (χ1n) is 6.86. The van der Waals surface area contributed by atoms with Crippen molar-refractivity contribution in [1.82, 2.24) is 9.97 Å². The van der Waals surface area contributed by atoms with Gasteiger partial charge in [-0.25, -0.2) is 4.98 Å². The van der Waals surface area contributed by atoms with Crippen LogP contribution in [0.15, 0.2) is 66.3 Å². The third-order valence-electron chi connectivity index (χ3n) is 3.25. The number of hydrogen-bond donors (Lipinski definition) is 2.